The van der Waals surface area contributed by atoms with Gasteiger partial charge in [-0.05, 0) is 42.5 Å². The Kier molecular flexibility index (Phi) is 5.44. The summed E-state index contributed by atoms with van der Waals surface area (Å²) < 4.78 is 5.41. The molecule has 0 aliphatic heterocycles. The highest BCUT2D eigenvalue weighted by molar-refractivity contribution is 7.80. The summed E-state index contributed by atoms with van der Waals surface area (Å²) in [5, 5.41) is 22.0. The van der Waals surface area contributed by atoms with Crippen molar-refractivity contribution in [2.45, 2.75) is 0 Å². The number of hydrogen-bond donors (Lipinski definition) is 3. The van der Waals surface area contributed by atoms with Crippen LogP contribution in [0.1, 0.15) is 0 Å². The van der Waals surface area contributed by atoms with E-state index >= 15 is 0 Å². The maximum absolute atomic E-state index is 9.19. The molecular formula is C13H10BCl2NO3S. The SMILES string of the molecule is OB(O)c1cccc(NC(=S)Oc2ccc(Cl)cc2)c1Cl. The van der Waals surface area contributed by atoms with Gasteiger partial charge < -0.3 is 20.1 Å². The Morgan fingerprint density at radius 3 is 2.38 bits per heavy atom. The molecule has 0 amide bonds. The van der Waals surface area contributed by atoms with Crippen LogP contribution in [0, 0.1) is 0 Å². The van der Waals surface area contributed by atoms with Crippen LogP contribution in [0.3, 0.4) is 0 Å². The van der Waals surface area contributed by atoms with Crippen LogP contribution in [0.5, 0.6) is 5.75 Å². The Bertz CT molecular complexity index is 652. The van der Waals surface area contributed by atoms with Gasteiger partial charge >= 0.3 is 7.12 Å². The number of anilines is 1. The van der Waals surface area contributed by atoms with E-state index in [-0.39, 0.29) is 15.7 Å². The third-order valence-electron chi connectivity index (χ3n) is 2.57. The van der Waals surface area contributed by atoms with E-state index in [0.29, 0.717) is 16.5 Å². The maximum atomic E-state index is 9.19. The average molecular weight is 342 g/mol. The van der Waals surface area contributed by atoms with Gasteiger partial charge in [-0.25, -0.2) is 0 Å². The van der Waals surface area contributed by atoms with E-state index in [1.54, 1.807) is 36.4 Å². The van der Waals surface area contributed by atoms with Crippen LogP contribution in [-0.4, -0.2) is 22.3 Å². The summed E-state index contributed by atoms with van der Waals surface area (Å²) >= 11 is 16.9. The second-order valence-electron chi connectivity index (χ2n) is 4.05. The Morgan fingerprint density at radius 2 is 1.76 bits per heavy atom. The summed E-state index contributed by atoms with van der Waals surface area (Å²) in [6, 6.07) is 11.5. The van der Waals surface area contributed by atoms with E-state index < -0.39 is 7.12 Å². The smallest absolute Gasteiger partial charge is 0.432 e. The van der Waals surface area contributed by atoms with Crippen molar-refractivity contribution in [3.63, 3.8) is 0 Å². The molecule has 0 radical (unpaired) electrons. The van der Waals surface area contributed by atoms with Crippen molar-refractivity contribution in [3.05, 3.63) is 52.5 Å². The number of halogens is 2. The lowest BCUT2D eigenvalue weighted by molar-refractivity contribution is 0.426. The second-order valence-corrected chi connectivity index (χ2v) is 5.24. The quantitative estimate of drug-likeness (QED) is 0.591. The van der Waals surface area contributed by atoms with Gasteiger partial charge in [0.2, 0.25) is 0 Å². The van der Waals surface area contributed by atoms with Gasteiger partial charge in [0.25, 0.3) is 5.17 Å². The normalized spacial score (nSPS) is 10.1. The lowest BCUT2D eigenvalue weighted by Crippen LogP contribution is -2.31. The van der Waals surface area contributed by atoms with Gasteiger partial charge in [-0.2, -0.15) is 0 Å². The molecule has 0 heterocycles. The molecule has 0 saturated heterocycles. The molecule has 2 aromatic rings. The fraction of sp³-hybridized carbons (Fsp3) is 0. The van der Waals surface area contributed by atoms with Gasteiger partial charge in [-0.3, -0.25) is 0 Å². The standard InChI is InChI=1S/C13H10BCl2NO3S/c15-8-4-6-9(7-5-8)20-13(21)17-11-3-1-2-10(12(11)16)14(18)19/h1-7,18-19H,(H,17,21). The fourth-order valence-corrected chi connectivity index (χ4v) is 2.19. The summed E-state index contributed by atoms with van der Waals surface area (Å²) in [6.45, 7) is 0. The van der Waals surface area contributed by atoms with Crippen molar-refractivity contribution in [2.24, 2.45) is 0 Å². The minimum Gasteiger partial charge on any atom is -0.432 e. The molecule has 108 valence electrons. The number of thiocarbonyl (C=S) groups is 1. The first-order valence-electron chi connectivity index (χ1n) is 5.86. The Morgan fingerprint density at radius 1 is 1.10 bits per heavy atom. The van der Waals surface area contributed by atoms with Crippen molar-refractivity contribution < 1.29 is 14.8 Å². The van der Waals surface area contributed by atoms with E-state index in [0.717, 1.165) is 0 Å². The van der Waals surface area contributed by atoms with E-state index in [1.807, 2.05) is 0 Å². The summed E-state index contributed by atoms with van der Waals surface area (Å²) in [6.07, 6.45) is 0. The van der Waals surface area contributed by atoms with Crippen molar-refractivity contribution in [1.29, 1.82) is 0 Å². The van der Waals surface area contributed by atoms with Crippen LogP contribution in [0.4, 0.5) is 5.69 Å². The molecule has 21 heavy (non-hydrogen) atoms. The van der Waals surface area contributed by atoms with E-state index in [1.165, 1.54) is 6.07 Å². The molecule has 0 bridgehead atoms. The molecule has 3 N–H and O–H groups in total. The average Bonchev–Trinajstić information content (AvgIpc) is 2.43. The molecule has 0 aliphatic carbocycles. The molecule has 0 fully saturated rings. The highest BCUT2D eigenvalue weighted by Crippen LogP contribution is 2.21. The lowest BCUT2D eigenvalue weighted by Gasteiger charge is -2.12. The molecule has 0 atom stereocenters. The number of rotatable bonds is 3. The minimum absolute atomic E-state index is 0.0730. The molecule has 0 spiro atoms. The Hall–Kier alpha value is -1.31. The third kappa shape index (κ3) is 4.33. The van der Waals surface area contributed by atoms with E-state index in [2.05, 4.69) is 5.32 Å². The fourth-order valence-electron chi connectivity index (χ4n) is 1.59. The van der Waals surface area contributed by atoms with Crippen LogP contribution in [-0.2, 0) is 0 Å². The number of nitrogens with one attached hydrogen (secondary N) is 1. The van der Waals surface area contributed by atoms with E-state index in [9.17, 15) is 10.0 Å². The predicted molar refractivity (Wildman–Crippen MR) is 89.6 cm³/mol. The summed E-state index contributed by atoms with van der Waals surface area (Å²) in [4.78, 5) is 0. The molecule has 0 aromatic heterocycles. The number of benzene rings is 2. The lowest BCUT2D eigenvalue weighted by atomic mass is 9.80. The van der Waals surface area contributed by atoms with Crippen molar-refractivity contribution in [3.8, 4) is 5.75 Å². The molecule has 0 unspecified atom stereocenters. The summed E-state index contributed by atoms with van der Waals surface area (Å²) in [7, 11) is -1.66. The zero-order valence-corrected chi connectivity index (χ0v) is 12.9. The topological polar surface area (TPSA) is 61.7 Å². The highest BCUT2D eigenvalue weighted by Gasteiger charge is 2.17. The first kappa shape index (κ1) is 16.1. The molecule has 2 rings (SSSR count). The monoisotopic (exact) mass is 341 g/mol. The largest absolute Gasteiger partial charge is 0.490 e. The van der Waals surface area contributed by atoms with Crippen LogP contribution >= 0.6 is 35.4 Å². The van der Waals surface area contributed by atoms with Crippen LogP contribution in [0.15, 0.2) is 42.5 Å². The minimum atomic E-state index is -1.66. The van der Waals surface area contributed by atoms with Gasteiger partial charge in [0.05, 0.1) is 10.7 Å². The highest BCUT2D eigenvalue weighted by atomic mass is 35.5. The third-order valence-corrected chi connectivity index (χ3v) is 3.43. The second kappa shape index (κ2) is 7.11. The van der Waals surface area contributed by atoms with Crippen molar-refractivity contribution in [2.75, 3.05) is 5.32 Å². The Labute approximate surface area is 137 Å². The number of hydrogen-bond acceptors (Lipinski definition) is 4. The van der Waals surface area contributed by atoms with Gasteiger partial charge in [0.1, 0.15) is 5.75 Å². The molecule has 2 aromatic carbocycles. The maximum Gasteiger partial charge on any atom is 0.490 e. The molecular weight excluding hydrogens is 332 g/mol. The zero-order chi connectivity index (χ0) is 15.4. The summed E-state index contributed by atoms with van der Waals surface area (Å²) in [5.74, 6) is 0.520. The van der Waals surface area contributed by atoms with Gasteiger partial charge in [0, 0.05) is 10.5 Å². The first-order chi connectivity index (χ1) is 9.97. The summed E-state index contributed by atoms with van der Waals surface area (Å²) in [5.41, 5.74) is 0.595. The predicted octanol–water partition coefficient (Wildman–Crippen LogP) is 2.45. The van der Waals surface area contributed by atoms with Crippen LogP contribution < -0.4 is 15.5 Å². The van der Waals surface area contributed by atoms with Crippen LogP contribution in [0.2, 0.25) is 10.0 Å². The molecule has 4 nitrogen and oxygen atoms in total. The van der Waals surface area contributed by atoms with Gasteiger partial charge in [-0.15, -0.1) is 0 Å². The van der Waals surface area contributed by atoms with E-state index in [4.69, 9.17) is 40.2 Å². The zero-order valence-electron chi connectivity index (χ0n) is 10.6. The molecule has 8 heteroatoms. The number of ether oxygens (including phenoxy) is 1. The van der Waals surface area contributed by atoms with Crippen molar-refractivity contribution in [1.82, 2.24) is 0 Å². The van der Waals surface area contributed by atoms with Gasteiger partial charge in [-0.1, -0.05) is 35.3 Å². The first-order valence-corrected chi connectivity index (χ1v) is 7.02. The van der Waals surface area contributed by atoms with Gasteiger partial charge in [0.15, 0.2) is 0 Å². The Balaban J connectivity index is 2.09. The molecule has 0 saturated carbocycles. The van der Waals surface area contributed by atoms with Crippen LogP contribution in [0.25, 0.3) is 0 Å². The molecule has 0 aliphatic rings. The van der Waals surface area contributed by atoms with Crippen molar-refractivity contribution >= 4 is 58.9 Å².